The van der Waals surface area contributed by atoms with Crippen LogP contribution in [0.4, 0.5) is 0 Å². The molecule has 0 saturated carbocycles. The lowest BCUT2D eigenvalue weighted by Crippen LogP contribution is -2.42. The van der Waals surface area contributed by atoms with Crippen LogP contribution in [0.5, 0.6) is 0 Å². The Morgan fingerprint density at radius 1 is 1.14 bits per heavy atom. The Hall–Kier alpha value is 0.110. The third-order valence-corrected chi connectivity index (χ3v) is 6.43. The van der Waals surface area contributed by atoms with Gasteiger partial charge >= 0.3 is 0 Å². The van der Waals surface area contributed by atoms with Crippen LogP contribution in [-0.2, 0) is 4.57 Å². The molecule has 1 fully saturated rings. The minimum atomic E-state index is -2.41. The zero-order valence-electron chi connectivity index (χ0n) is 9.73. The molecule has 14 heavy (non-hydrogen) atoms. The van der Waals surface area contributed by atoms with E-state index in [-0.39, 0.29) is 0 Å². The van der Waals surface area contributed by atoms with E-state index in [0.29, 0.717) is 0 Å². The minimum Gasteiger partial charge on any atom is -0.270 e. The van der Waals surface area contributed by atoms with Crippen LogP contribution in [0.3, 0.4) is 0 Å². The highest BCUT2D eigenvalue weighted by atomic mass is 31.2. The van der Waals surface area contributed by atoms with Crippen LogP contribution in [-0.4, -0.2) is 54.3 Å². The van der Waals surface area contributed by atoms with Gasteiger partial charge in [-0.3, -0.25) is 4.57 Å². The van der Waals surface area contributed by atoms with Gasteiger partial charge in [-0.2, -0.15) is 0 Å². The maximum Gasteiger partial charge on any atom is 0.286 e. The molecule has 0 aromatic heterocycles. The van der Waals surface area contributed by atoms with E-state index in [1.54, 1.807) is 0 Å². The highest BCUT2D eigenvalue weighted by Gasteiger charge is 2.39. The largest absolute Gasteiger partial charge is 0.286 e. The molecule has 0 atom stereocenters. The van der Waals surface area contributed by atoms with Crippen LogP contribution in [0.25, 0.3) is 0 Å². The van der Waals surface area contributed by atoms with Crippen LogP contribution < -0.4 is 0 Å². The first-order valence-corrected chi connectivity index (χ1v) is 6.92. The van der Waals surface area contributed by atoms with E-state index in [1.807, 2.05) is 23.4 Å². The van der Waals surface area contributed by atoms with Gasteiger partial charge in [0.15, 0.2) is 0 Å². The Labute approximate surface area is 87.4 Å². The maximum absolute atomic E-state index is 12.8. The molecule has 0 aliphatic carbocycles. The summed E-state index contributed by atoms with van der Waals surface area (Å²) in [5, 5.41) is 0. The van der Waals surface area contributed by atoms with Gasteiger partial charge in [0, 0.05) is 26.2 Å². The van der Waals surface area contributed by atoms with E-state index in [1.165, 1.54) is 0 Å². The highest BCUT2D eigenvalue weighted by Crippen LogP contribution is 2.56. The van der Waals surface area contributed by atoms with Crippen molar-refractivity contribution in [3.63, 3.8) is 0 Å². The van der Waals surface area contributed by atoms with Gasteiger partial charge in [-0.15, -0.1) is 0 Å². The molecule has 1 heterocycles. The number of hydrogen-bond acceptors (Lipinski definition) is 1. The van der Waals surface area contributed by atoms with Crippen molar-refractivity contribution < 1.29 is 4.57 Å². The topological polar surface area (TPSA) is 26.8 Å². The van der Waals surface area contributed by atoms with Crippen LogP contribution in [0.1, 0.15) is 20.3 Å². The maximum atomic E-state index is 12.8. The third-order valence-electron chi connectivity index (χ3n) is 2.95. The predicted molar refractivity (Wildman–Crippen MR) is 60.4 cm³/mol. The summed E-state index contributed by atoms with van der Waals surface area (Å²) in [6, 6.07) is 0. The quantitative estimate of drug-likeness (QED) is 0.675. The van der Waals surface area contributed by atoms with Gasteiger partial charge in [0.2, 0.25) is 0 Å². The second-order valence-corrected chi connectivity index (χ2v) is 6.73. The van der Waals surface area contributed by atoms with Gasteiger partial charge in [-0.05, 0) is 20.5 Å². The highest BCUT2D eigenvalue weighted by molar-refractivity contribution is 7.56. The Morgan fingerprint density at radius 3 is 1.93 bits per heavy atom. The average Bonchev–Trinajstić information content (AvgIpc) is 2.16. The molecule has 0 radical (unpaired) electrons. The molecule has 4 nitrogen and oxygen atoms in total. The van der Waals surface area contributed by atoms with Gasteiger partial charge in [0.25, 0.3) is 7.59 Å². The van der Waals surface area contributed by atoms with Crippen molar-refractivity contribution in [3.8, 4) is 0 Å². The summed E-state index contributed by atoms with van der Waals surface area (Å²) in [6.07, 6.45) is 1.11. The first-order valence-electron chi connectivity index (χ1n) is 5.36. The first kappa shape index (κ1) is 12.2. The van der Waals surface area contributed by atoms with Crippen molar-refractivity contribution in [2.45, 2.75) is 20.3 Å². The molecule has 0 bridgehead atoms. The lowest BCUT2D eigenvalue weighted by molar-refractivity contribution is 0.272. The van der Waals surface area contributed by atoms with E-state index >= 15 is 0 Å². The van der Waals surface area contributed by atoms with Crippen LogP contribution in [0.15, 0.2) is 0 Å². The fraction of sp³-hybridized carbons (Fsp3) is 1.00. The lowest BCUT2D eigenvalue weighted by atomic mass is 10.4. The number of nitrogens with zero attached hydrogens (tertiary/aromatic N) is 3. The molecular weight excluding hydrogens is 197 g/mol. The monoisotopic (exact) mass is 219 g/mol. The average molecular weight is 219 g/mol. The van der Waals surface area contributed by atoms with Crippen molar-refractivity contribution in [1.29, 1.82) is 0 Å². The second kappa shape index (κ2) is 4.75. The zero-order valence-corrected chi connectivity index (χ0v) is 10.6. The normalized spacial score (nSPS) is 24.4. The summed E-state index contributed by atoms with van der Waals surface area (Å²) in [6.45, 7) is 7.72. The van der Waals surface area contributed by atoms with Gasteiger partial charge in [-0.1, -0.05) is 13.8 Å². The van der Waals surface area contributed by atoms with E-state index in [2.05, 4.69) is 18.5 Å². The molecular formula is C9H22N3OP. The molecule has 1 rings (SSSR count). The minimum absolute atomic E-state index is 0.850. The zero-order chi connectivity index (χ0) is 10.8. The molecule has 84 valence electrons. The van der Waals surface area contributed by atoms with Crippen molar-refractivity contribution in [1.82, 2.24) is 14.0 Å². The fourth-order valence-corrected chi connectivity index (χ4v) is 5.00. The van der Waals surface area contributed by atoms with Gasteiger partial charge in [0.1, 0.15) is 0 Å². The molecule has 1 saturated heterocycles. The van der Waals surface area contributed by atoms with Gasteiger partial charge in [0.05, 0.1) is 0 Å². The summed E-state index contributed by atoms with van der Waals surface area (Å²) >= 11 is 0. The molecule has 0 aromatic carbocycles. The van der Waals surface area contributed by atoms with Crippen molar-refractivity contribution >= 4 is 7.59 Å². The number of rotatable bonds is 3. The third kappa shape index (κ3) is 1.89. The summed E-state index contributed by atoms with van der Waals surface area (Å²) in [7, 11) is 1.53. The molecule has 0 aromatic rings. The van der Waals surface area contributed by atoms with Crippen LogP contribution in [0, 0.1) is 0 Å². The van der Waals surface area contributed by atoms with Crippen molar-refractivity contribution in [2.24, 2.45) is 0 Å². The van der Waals surface area contributed by atoms with E-state index < -0.39 is 7.59 Å². The molecule has 1 aliphatic heterocycles. The SMILES string of the molecule is CCN(CC)P1(=O)N(C)CCCN1C. The number of hydrogen-bond donors (Lipinski definition) is 0. The Bertz CT molecular complexity index is 216. The van der Waals surface area contributed by atoms with Crippen molar-refractivity contribution in [3.05, 3.63) is 0 Å². The van der Waals surface area contributed by atoms with Crippen LogP contribution in [0.2, 0.25) is 0 Å². The summed E-state index contributed by atoms with van der Waals surface area (Å²) in [5.41, 5.74) is 0. The van der Waals surface area contributed by atoms with Crippen molar-refractivity contribution in [2.75, 3.05) is 40.3 Å². The standard InChI is InChI=1S/C9H22N3OP/c1-5-12(6-2)14(13)10(3)8-7-9-11(14)4/h5-9H2,1-4H3. The van der Waals surface area contributed by atoms with E-state index in [0.717, 1.165) is 32.6 Å². The summed E-state index contributed by atoms with van der Waals surface area (Å²) < 4.78 is 18.9. The molecule has 1 aliphatic rings. The van der Waals surface area contributed by atoms with Crippen LogP contribution >= 0.6 is 7.59 Å². The molecule has 0 amide bonds. The first-order chi connectivity index (χ1) is 6.57. The molecule has 5 heteroatoms. The van der Waals surface area contributed by atoms with Gasteiger partial charge < -0.3 is 0 Å². The van der Waals surface area contributed by atoms with E-state index in [9.17, 15) is 4.57 Å². The van der Waals surface area contributed by atoms with E-state index in [4.69, 9.17) is 0 Å². The Kier molecular flexibility index (Phi) is 4.14. The lowest BCUT2D eigenvalue weighted by Gasteiger charge is -2.44. The molecule has 0 N–H and O–H groups in total. The summed E-state index contributed by atoms with van der Waals surface area (Å²) in [5.74, 6) is 0. The second-order valence-electron chi connectivity index (χ2n) is 3.77. The Balaban J connectivity index is 2.91. The predicted octanol–water partition coefficient (Wildman–Crippen LogP) is 1.70. The molecule has 0 unspecified atom stereocenters. The fourth-order valence-electron chi connectivity index (χ4n) is 2.07. The summed E-state index contributed by atoms with van der Waals surface area (Å²) in [4.78, 5) is 0. The molecule has 0 spiro atoms. The van der Waals surface area contributed by atoms with Gasteiger partial charge in [-0.25, -0.2) is 14.0 Å². The smallest absolute Gasteiger partial charge is 0.270 e. The Morgan fingerprint density at radius 2 is 1.57 bits per heavy atom.